The first-order chi connectivity index (χ1) is 10.1. The van der Waals surface area contributed by atoms with Crippen LogP contribution in [0.4, 0.5) is 0 Å². The SMILES string of the molecule is O=S(=O)(c1ccccc1)N1CCS[C@@H]1c1ccccc1Cl. The summed E-state index contributed by atoms with van der Waals surface area (Å²) in [5.41, 5.74) is 0.848. The van der Waals surface area contributed by atoms with Crippen molar-refractivity contribution >= 4 is 33.4 Å². The van der Waals surface area contributed by atoms with Crippen molar-refractivity contribution in [2.24, 2.45) is 0 Å². The molecule has 0 amide bonds. The zero-order chi connectivity index (χ0) is 14.9. The molecule has 0 aromatic heterocycles. The van der Waals surface area contributed by atoms with Crippen LogP contribution in [0.1, 0.15) is 10.9 Å². The van der Waals surface area contributed by atoms with E-state index in [0.717, 1.165) is 11.3 Å². The average Bonchev–Trinajstić information content (AvgIpc) is 2.99. The van der Waals surface area contributed by atoms with Crippen LogP contribution in [0.2, 0.25) is 5.02 Å². The highest BCUT2D eigenvalue weighted by molar-refractivity contribution is 8.01. The van der Waals surface area contributed by atoms with Gasteiger partial charge in [0.05, 0.1) is 10.3 Å². The molecule has 1 atom stereocenters. The lowest BCUT2D eigenvalue weighted by molar-refractivity contribution is 0.434. The molecule has 110 valence electrons. The third-order valence-electron chi connectivity index (χ3n) is 3.37. The van der Waals surface area contributed by atoms with Crippen LogP contribution in [0.25, 0.3) is 0 Å². The van der Waals surface area contributed by atoms with Crippen LogP contribution in [-0.4, -0.2) is 25.0 Å². The molecule has 3 nitrogen and oxygen atoms in total. The number of hydrogen-bond acceptors (Lipinski definition) is 3. The number of thioether (sulfide) groups is 1. The largest absolute Gasteiger partial charge is 0.244 e. The maximum absolute atomic E-state index is 12.8. The first kappa shape index (κ1) is 14.9. The molecule has 1 aliphatic rings. The Morgan fingerprint density at radius 1 is 1.05 bits per heavy atom. The van der Waals surface area contributed by atoms with Gasteiger partial charge in [0.15, 0.2) is 0 Å². The summed E-state index contributed by atoms with van der Waals surface area (Å²) in [6.07, 6.45) is 0. The van der Waals surface area contributed by atoms with Gasteiger partial charge in [-0.2, -0.15) is 4.31 Å². The van der Waals surface area contributed by atoms with E-state index in [9.17, 15) is 8.42 Å². The molecule has 0 aliphatic carbocycles. The number of halogens is 1. The van der Waals surface area contributed by atoms with E-state index in [4.69, 9.17) is 11.6 Å². The van der Waals surface area contributed by atoms with Crippen molar-refractivity contribution in [2.45, 2.75) is 10.3 Å². The van der Waals surface area contributed by atoms with E-state index in [-0.39, 0.29) is 5.37 Å². The summed E-state index contributed by atoms with van der Waals surface area (Å²) in [5, 5.41) is 0.342. The third kappa shape index (κ3) is 2.83. The highest BCUT2D eigenvalue weighted by atomic mass is 35.5. The fraction of sp³-hybridized carbons (Fsp3) is 0.200. The number of nitrogens with zero attached hydrogens (tertiary/aromatic N) is 1. The third-order valence-corrected chi connectivity index (χ3v) is 6.97. The lowest BCUT2D eigenvalue weighted by atomic mass is 10.2. The summed E-state index contributed by atoms with van der Waals surface area (Å²) in [4.78, 5) is 0.324. The molecule has 1 aliphatic heterocycles. The molecule has 6 heteroatoms. The zero-order valence-corrected chi connectivity index (χ0v) is 13.5. The molecular formula is C15H14ClNO2S2. The number of hydrogen-bond donors (Lipinski definition) is 0. The molecule has 0 unspecified atom stereocenters. The van der Waals surface area contributed by atoms with Gasteiger partial charge in [-0.15, -0.1) is 11.8 Å². The van der Waals surface area contributed by atoms with Crippen molar-refractivity contribution in [1.82, 2.24) is 4.31 Å². The fourth-order valence-corrected chi connectivity index (χ4v) is 5.94. The van der Waals surface area contributed by atoms with Gasteiger partial charge in [0, 0.05) is 17.3 Å². The summed E-state index contributed by atoms with van der Waals surface area (Å²) in [6, 6.07) is 15.9. The van der Waals surface area contributed by atoms with Gasteiger partial charge < -0.3 is 0 Å². The van der Waals surface area contributed by atoms with E-state index in [1.54, 1.807) is 42.1 Å². The number of benzene rings is 2. The van der Waals surface area contributed by atoms with Gasteiger partial charge in [-0.25, -0.2) is 8.42 Å². The van der Waals surface area contributed by atoms with Crippen molar-refractivity contribution in [1.29, 1.82) is 0 Å². The summed E-state index contributed by atoms with van der Waals surface area (Å²) in [7, 11) is -3.50. The minimum atomic E-state index is -3.50. The van der Waals surface area contributed by atoms with Gasteiger partial charge in [-0.1, -0.05) is 48.0 Å². The van der Waals surface area contributed by atoms with Gasteiger partial charge >= 0.3 is 0 Å². The van der Waals surface area contributed by atoms with Crippen molar-refractivity contribution in [2.75, 3.05) is 12.3 Å². The Morgan fingerprint density at radius 3 is 2.43 bits per heavy atom. The number of rotatable bonds is 3. The molecule has 1 heterocycles. The molecule has 3 rings (SSSR count). The molecule has 1 fully saturated rings. The fourth-order valence-electron chi connectivity index (χ4n) is 2.35. The van der Waals surface area contributed by atoms with E-state index < -0.39 is 10.0 Å². The van der Waals surface area contributed by atoms with Crippen LogP contribution in [0.5, 0.6) is 0 Å². The average molecular weight is 340 g/mol. The zero-order valence-electron chi connectivity index (χ0n) is 11.1. The van der Waals surface area contributed by atoms with Crippen molar-refractivity contribution in [3.63, 3.8) is 0 Å². The summed E-state index contributed by atoms with van der Waals surface area (Å²) < 4.78 is 27.1. The summed E-state index contributed by atoms with van der Waals surface area (Å²) in [6.45, 7) is 0.498. The predicted octanol–water partition coefficient (Wildman–Crippen LogP) is 3.78. The normalized spacial score (nSPS) is 19.8. The Morgan fingerprint density at radius 2 is 1.71 bits per heavy atom. The van der Waals surface area contributed by atoms with E-state index in [2.05, 4.69) is 0 Å². The maximum Gasteiger partial charge on any atom is 0.244 e. The standard InChI is InChI=1S/C15H14ClNO2S2/c16-14-9-5-4-8-13(14)15-17(10-11-20-15)21(18,19)12-6-2-1-3-7-12/h1-9,15H,10-11H2/t15-/m1/s1. The van der Waals surface area contributed by atoms with Crippen molar-refractivity contribution in [3.05, 3.63) is 65.2 Å². The van der Waals surface area contributed by atoms with E-state index in [1.165, 1.54) is 4.31 Å². The minimum absolute atomic E-state index is 0.260. The molecule has 0 bridgehead atoms. The Kier molecular flexibility index (Phi) is 4.26. The molecule has 0 radical (unpaired) electrons. The van der Waals surface area contributed by atoms with Gasteiger partial charge in [0.25, 0.3) is 0 Å². The van der Waals surface area contributed by atoms with Crippen LogP contribution >= 0.6 is 23.4 Å². The lowest BCUT2D eigenvalue weighted by Crippen LogP contribution is -2.30. The molecule has 0 saturated carbocycles. The Balaban J connectivity index is 2.00. The second-order valence-electron chi connectivity index (χ2n) is 4.67. The van der Waals surface area contributed by atoms with Crippen LogP contribution in [0.15, 0.2) is 59.5 Å². The van der Waals surface area contributed by atoms with Gasteiger partial charge in [-0.05, 0) is 23.8 Å². The Hall–Kier alpha value is -1.01. The van der Waals surface area contributed by atoms with E-state index in [1.807, 2.05) is 24.3 Å². The molecule has 2 aromatic rings. The molecule has 21 heavy (non-hydrogen) atoms. The molecule has 1 saturated heterocycles. The van der Waals surface area contributed by atoms with Crippen LogP contribution in [0, 0.1) is 0 Å². The van der Waals surface area contributed by atoms with Gasteiger partial charge in [0.2, 0.25) is 10.0 Å². The second-order valence-corrected chi connectivity index (χ2v) is 8.16. The topological polar surface area (TPSA) is 37.4 Å². The minimum Gasteiger partial charge on any atom is -0.207 e. The molecule has 0 N–H and O–H groups in total. The Labute approximate surface area is 134 Å². The van der Waals surface area contributed by atoms with Gasteiger partial charge in [0.1, 0.15) is 0 Å². The summed E-state index contributed by atoms with van der Waals surface area (Å²) >= 11 is 7.83. The Bertz CT molecular complexity index is 734. The van der Waals surface area contributed by atoms with Gasteiger partial charge in [-0.3, -0.25) is 0 Å². The van der Waals surface area contributed by atoms with Crippen LogP contribution < -0.4 is 0 Å². The monoisotopic (exact) mass is 339 g/mol. The van der Waals surface area contributed by atoms with Crippen molar-refractivity contribution < 1.29 is 8.42 Å². The number of sulfonamides is 1. The second kappa shape index (κ2) is 6.01. The summed E-state index contributed by atoms with van der Waals surface area (Å²) in [5.74, 6) is 0.766. The van der Waals surface area contributed by atoms with Crippen LogP contribution in [0.3, 0.4) is 0 Å². The van der Waals surface area contributed by atoms with Crippen molar-refractivity contribution in [3.8, 4) is 0 Å². The first-order valence-electron chi connectivity index (χ1n) is 6.53. The highest BCUT2D eigenvalue weighted by Crippen LogP contribution is 2.43. The smallest absolute Gasteiger partial charge is 0.207 e. The highest BCUT2D eigenvalue weighted by Gasteiger charge is 2.37. The molecule has 0 spiro atoms. The molecular weight excluding hydrogens is 326 g/mol. The first-order valence-corrected chi connectivity index (χ1v) is 9.40. The van der Waals surface area contributed by atoms with E-state index in [0.29, 0.717) is 16.5 Å². The quantitative estimate of drug-likeness (QED) is 0.854. The lowest BCUT2D eigenvalue weighted by Gasteiger charge is -2.24. The molecule has 2 aromatic carbocycles. The van der Waals surface area contributed by atoms with E-state index >= 15 is 0 Å². The van der Waals surface area contributed by atoms with Crippen LogP contribution in [-0.2, 0) is 10.0 Å². The predicted molar refractivity (Wildman–Crippen MR) is 87.0 cm³/mol. The maximum atomic E-state index is 12.8.